The molecule has 0 N–H and O–H groups in total. The number of benzene rings is 1. The van der Waals surface area contributed by atoms with Crippen LogP contribution in [0.2, 0.25) is 10.0 Å². The van der Waals surface area contributed by atoms with Gasteiger partial charge in [0.05, 0.1) is 13.1 Å². The van der Waals surface area contributed by atoms with Gasteiger partial charge in [0.1, 0.15) is 0 Å². The summed E-state index contributed by atoms with van der Waals surface area (Å²) in [5.74, 6) is 0. The highest BCUT2D eigenvalue weighted by atomic mass is 35.5. The van der Waals surface area contributed by atoms with Gasteiger partial charge in [0.2, 0.25) is 12.2 Å². The molecule has 0 aliphatic heterocycles. The van der Waals surface area contributed by atoms with E-state index in [9.17, 15) is 9.59 Å². The average Bonchev–Trinajstić information content (AvgIpc) is 2.28. The summed E-state index contributed by atoms with van der Waals surface area (Å²) in [5, 5.41) is 0.832. The predicted molar refractivity (Wildman–Crippen MR) is 60.1 cm³/mol. The van der Waals surface area contributed by atoms with Crippen LogP contribution in [0.4, 0.5) is 0 Å². The molecule has 0 aliphatic carbocycles. The van der Waals surface area contributed by atoms with E-state index in [0.29, 0.717) is 21.2 Å². The largest absolute Gasteiger partial charge is 0.235 e. The van der Waals surface area contributed by atoms with Crippen LogP contribution in [0.25, 0.3) is 0 Å². The molecular formula is C10H6Cl2N2O2. The molecule has 4 nitrogen and oxygen atoms in total. The van der Waals surface area contributed by atoms with Gasteiger partial charge in [-0.15, -0.1) is 0 Å². The lowest BCUT2D eigenvalue weighted by Crippen LogP contribution is -1.89. The van der Waals surface area contributed by atoms with Crippen LogP contribution in [0.3, 0.4) is 0 Å². The molecule has 0 fully saturated rings. The molecule has 16 heavy (non-hydrogen) atoms. The molecule has 0 aromatic heterocycles. The van der Waals surface area contributed by atoms with Crippen molar-refractivity contribution in [2.75, 3.05) is 0 Å². The molecule has 0 bridgehead atoms. The molecule has 1 aromatic rings. The maximum absolute atomic E-state index is 9.96. The predicted octanol–water partition coefficient (Wildman–Crippen LogP) is 2.67. The number of halogens is 2. The minimum absolute atomic E-state index is 0.124. The van der Waals surface area contributed by atoms with Crippen LogP contribution < -0.4 is 0 Å². The SMILES string of the molecule is O=C=NCc1cc(Cl)c(CN=C=O)cc1Cl. The quantitative estimate of drug-likeness (QED) is 0.615. The Bertz CT molecular complexity index is 444. The Labute approximate surface area is 102 Å². The first-order valence-corrected chi connectivity index (χ1v) is 4.98. The van der Waals surface area contributed by atoms with Gasteiger partial charge < -0.3 is 0 Å². The summed E-state index contributed by atoms with van der Waals surface area (Å²) < 4.78 is 0. The van der Waals surface area contributed by atoms with Crippen LogP contribution in [-0.4, -0.2) is 12.2 Å². The van der Waals surface area contributed by atoms with Crippen molar-refractivity contribution < 1.29 is 9.59 Å². The summed E-state index contributed by atoms with van der Waals surface area (Å²) in [6, 6.07) is 3.17. The zero-order valence-corrected chi connectivity index (χ0v) is 9.55. The van der Waals surface area contributed by atoms with Gasteiger partial charge in [-0.05, 0) is 23.3 Å². The zero-order chi connectivity index (χ0) is 12.0. The second kappa shape index (κ2) is 6.21. The van der Waals surface area contributed by atoms with Crippen LogP contribution in [0.15, 0.2) is 22.1 Å². The molecule has 0 saturated carbocycles. The normalized spacial score (nSPS) is 9.12. The molecule has 0 heterocycles. The van der Waals surface area contributed by atoms with E-state index in [-0.39, 0.29) is 13.1 Å². The van der Waals surface area contributed by atoms with Gasteiger partial charge in [0.15, 0.2) is 0 Å². The lowest BCUT2D eigenvalue weighted by atomic mass is 10.1. The highest BCUT2D eigenvalue weighted by Gasteiger charge is 2.06. The second-order valence-corrected chi connectivity index (χ2v) is 3.66. The third-order valence-corrected chi connectivity index (χ3v) is 2.55. The molecule has 0 amide bonds. The first kappa shape index (κ1) is 12.6. The molecule has 6 heteroatoms. The van der Waals surface area contributed by atoms with Gasteiger partial charge >= 0.3 is 0 Å². The summed E-state index contributed by atoms with van der Waals surface area (Å²) in [6.07, 6.45) is 2.83. The van der Waals surface area contributed by atoms with E-state index in [1.165, 1.54) is 12.2 Å². The average molecular weight is 257 g/mol. The first-order valence-electron chi connectivity index (χ1n) is 4.23. The molecular weight excluding hydrogens is 251 g/mol. The Hall–Kier alpha value is -1.44. The van der Waals surface area contributed by atoms with Gasteiger partial charge in [-0.25, -0.2) is 19.6 Å². The third-order valence-electron chi connectivity index (χ3n) is 1.84. The van der Waals surface area contributed by atoms with Crippen molar-refractivity contribution in [1.82, 2.24) is 0 Å². The molecule has 0 spiro atoms. The summed E-state index contributed by atoms with van der Waals surface area (Å²) in [7, 11) is 0. The van der Waals surface area contributed by atoms with Crippen molar-refractivity contribution in [3.05, 3.63) is 33.3 Å². The van der Waals surface area contributed by atoms with Crippen molar-refractivity contribution in [2.24, 2.45) is 9.98 Å². The Morgan fingerprint density at radius 2 is 1.31 bits per heavy atom. The van der Waals surface area contributed by atoms with E-state index in [4.69, 9.17) is 23.2 Å². The number of aliphatic imine (C=N–C) groups is 2. The highest BCUT2D eigenvalue weighted by Crippen LogP contribution is 2.26. The number of carbonyl (C=O) groups excluding carboxylic acids is 2. The maximum atomic E-state index is 9.96. The fourth-order valence-electron chi connectivity index (χ4n) is 1.11. The van der Waals surface area contributed by atoms with Crippen LogP contribution in [0, 0.1) is 0 Å². The molecule has 0 radical (unpaired) electrons. The minimum Gasteiger partial charge on any atom is -0.211 e. The minimum atomic E-state index is 0.124. The van der Waals surface area contributed by atoms with Crippen molar-refractivity contribution in [3.63, 3.8) is 0 Å². The van der Waals surface area contributed by atoms with Crippen LogP contribution in [-0.2, 0) is 22.7 Å². The lowest BCUT2D eigenvalue weighted by Gasteiger charge is -2.05. The van der Waals surface area contributed by atoms with Crippen molar-refractivity contribution >= 4 is 35.4 Å². The van der Waals surface area contributed by atoms with E-state index in [1.807, 2.05) is 0 Å². The van der Waals surface area contributed by atoms with Gasteiger partial charge in [-0.2, -0.15) is 0 Å². The number of isocyanates is 2. The molecule has 1 rings (SSSR count). The number of hydrogen-bond donors (Lipinski definition) is 0. The van der Waals surface area contributed by atoms with E-state index in [0.717, 1.165) is 0 Å². The fourth-order valence-corrected chi connectivity index (χ4v) is 1.60. The Morgan fingerprint density at radius 1 is 0.938 bits per heavy atom. The number of rotatable bonds is 4. The summed E-state index contributed by atoms with van der Waals surface area (Å²) >= 11 is 11.9. The molecule has 1 aromatic carbocycles. The van der Waals surface area contributed by atoms with Crippen molar-refractivity contribution in [3.8, 4) is 0 Å². The zero-order valence-electron chi connectivity index (χ0n) is 8.04. The monoisotopic (exact) mass is 256 g/mol. The van der Waals surface area contributed by atoms with Crippen LogP contribution in [0.5, 0.6) is 0 Å². The second-order valence-electron chi connectivity index (χ2n) is 2.85. The Kier molecular flexibility index (Phi) is 4.90. The first-order chi connectivity index (χ1) is 7.69. The van der Waals surface area contributed by atoms with Crippen molar-refractivity contribution in [2.45, 2.75) is 13.1 Å². The third kappa shape index (κ3) is 3.30. The summed E-state index contributed by atoms with van der Waals surface area (Å²) in [4.78, 5) is 26.7. The number of nitrogens with zero attached hydrogens (tertiary/aromatic N) is 2. The smallest absolute Gasteiger partial charge is 0.211 e. The summed E-state index contributed by atoms with van der Waals surface area (Å²) in [5.41, 5.74) is 1.24. The molecule has 0 unspecified atom stereocenters. The van der Waals surface area contributed by atoms with Gasteiger partial charge in [0, 0.05) is 10.0 Å². The number of hydrogen-bond acceptors (Lipinski definition) is 4. The molecule has 0 saturated heterocycles. The van der Waals surface area contributed by atoms with E-state index in [2.05, 4.69) is 9.98 Å². The van der Waals surface area contributed by atoms with Gasteiger partial charge in [0.25, 0.3) is 0 Å². The van der Waals surface area contributed by atoms with Gasteiger partial charge in [-0.3, -0.25) is 0 Å². The standard InChI is InChI=1S/C10H6Cl2N2O2/c11-9-1-7(3-13-5-15)10(12)2-8(9)4-14-6-16/h1-2H,3-4H2. The Balaban J connectivity index is 3.05. The molecule has 82 valence electrons. The topological polar surface area (TPSA) is 58.9 Å². The summed E-state index contributed by atoms with van der Waals surface area (Å²) in [6.45, 7) is 0.249. The van der Waals surface area contributed by atoms with Crippen molar-refractivity contribution in [1.29, 1.82) is 0 Å². The Morgan fingerprint density at radius 3 is 1.62 bits per heavy atom. The maximum Gasteiger partial charge on any atom is 0.235 e. The van der Waals surface area contributed by atoms with E-state index in [1.54, 1.807) is 12.1 Å². The van der Waals surface area contributed by atoms with Crippen LogP contribution in [0.1, 0.15) is 11.1 Å². The van der Waals surface area contributed by atoms with Gasteiger partial charge in [-0.1, -0.05) is 23.2 Å². The fraction of sp³-hybridized carbons (Fsp3) is 0.200. The molecule has 0 atom stereocenters. The lowest BCUT2D eigenvalue weighted by molar-refractivity contribution is 0.562. The van der Waals surface area contributed by atoms with E-state index >= 15 is 0 Å². The van der Waals surface area contributed by atoms with E-state index < -0.39 is 0 Å². The highest BCUT2D eigenvalue weighted by molar-refractivity contribution is 6.34. The molecule has 0 aliphatic rings. The van der Waals surface area contributed by atoms with Crippen LogP contribution >= 0.6 is 23.2 Å².